The van der Waals surface area contributed by atoms with Gasteiger partial charge < -0.3 is 20.1 Å². The SMILES string of the molecule is COc1cc(OC)cc(C(=O)N2CC[C@@H](N)C2)c1. The summed E-state index contributed by atoms with van der Waals surface area (Å²) in [6.45, 7) is 1.32. The summed E-state index contributed by atoms with van der Waals surface area (Å²) in [5.74, 6) is 1.20. The Morgan fingerprint density at radius 2 is 1.89 bits per heavy atom. The molecule has 1 aromatic rings. The van der Waals surface area contributed by atoms with Gasteiger partial charge in [-0.2, -0.15) is 0 Å². The number of nitrogens with zero attached hydrogens (tertiary/aromatic N) is 1. The van der Waals surface area contributed by atoms with Crippen molar-refractivity contribution in [2.24, 2.45) is 5.73 Å². The quantitative estimate of drug-likeness (QED) is 0.864. The summed E-state index contributed by atoms with van der Waals surface area (Å²) in [6.07, 6.45) is 0.854. The second kappa shape index (κ2) is 5.27. The van der Waals surface area contributed by atoms with Crippen molar-refractivity contribution in [3.63, 3.8) is 0 Å². The number of carbonyl (C=O) groups is 1. The number of methoxy groups -OCH3 is 2. The Kier molecular flexibility index (Phi) is 3.72. The molecule has 5 nitrogen and oxygen atoms in total. The molecule has 98 valence electrons. The number of carbonyl (C=O) groups excluding carboxylic acids is 1. The number of hydrogen-bond acceptors (Lipinski definition) is 4. The molecule has 1 heterocycles. The summed E-state index contributed by atoms with van der Waals surface area (Å²) >= 11 is 0. The molecule has 5 heteroatoms. The molecule has 1 saturated heterocycles. The molecule has 1 aliphatic rings. The Labute approximate surface area is 106 Å². The van der Waals surface area contributed by atoms with E-state index in [1.807, 2.05) is 0 Å². The topological polar surface area (TPSA) is 64.8 Å². The van der Waals surface area contributed by atoms with Gasteiger partial charge in [0.2, 0.25) is 0 Å². The number of rotatable bonds is 3. The molecule has 1 amide bonds. The molecule has 0 saturated carbocycles. The van der Waals surface area contributed by atoms with Crippen LogP contribution in [0.25, 0.3) is 0 Å². The number of nitrogens with two attached hydrogens (primary N) is 1. The van der Waals surface area contributed by atoms with Gasteiger partial charge in [-0.05, 0) is 18.6 Å². The van der Waals surface area contributed by atoms with Crippen LogP contribution in [0.2, 0.25) is 0 Å². The lowest BCUT2D eigenvalue weighted by atomic mass is 10.1. The first kappa shape index (κ1) is 12.7. The Morgan fingerprint density at radius 3 is 2.33 bits per heavy atom. The molecule has 0 aromatic heterocycles. The van der Waals surface area contributed by atoms with E-state index in [0.29, 0.717) is 30.2 Å². The Hall–Kier alpha value is -1.75. The highest BCUT2D eigenvalue weighted by atomic mass is 16.5. The number of likely N-dealkylation sites (tertiary alicyclic amines) is 1. The third-order valence-corrected chi connectivity index (χ3v) is 3.11. The maximum Gasteiger partial charge on any atom is 0.254 e. The van der Waals surface area contributed by atoms with Gasteiger partial charge in [-0.1, -0.05) is 0 Å². The summed E-state index contributed by atoms with van der Waals surface area (Å²) in [7, 11) is 3.13. The largest absolute Gasteiger partial charge is 0.497 e. The fourth-order valence-electron chi connectivity index (χ4n) is 2.09. The van der Waals surface area contributed by atoms with Crippen LogP contribution in [-0.4, -0.2) is 44.2 Å². The molecule has 1 aliphatic heterocycles. The average molecular weight is 250 g/mol. The fourth-order valence-corrected chi connectivity index (χ4v) is 2.09. The van der Waals surface area contributed by atoms with Gasteiger partial charge in [0.1, 0.15) is 11.5 Å². The van der Waals surface area contributed by atoms with E-state index >= 15 is 0 Å². The van der Waals surface area contributed by atoms with Crippen molar-refractivity contribution < 1.29 is 14.3 Å². The highest BCUT2D eigenvalue weighted by molar-refractivity contribution is 5.95. The highest BCUT2D eigenvalue weighted by Gasteiger charge is 2.25. The molecule has 0 unspecified atom stereocenters. The van der Waals surface area contributed by atoms with Crippen LogP contribution in [0, 0.1) is 0 Å². The first-order valence-electron chi connectivity index (χ1n) is 5.92. The van der Waals surface area contributed by atoms with Gasteiger partial charge in [0, 0.05) is 30.8 Å². The van der Waals surface area contributed by atoms with E-state index in [-0.39, 0.29) is 11.9 Å². The van der Waals surface area contributed by atoms with E-state index in [9.17, 15) is 4.79 Å². The van der Waals surface area contributed by atoms with Crippen molar-refractivity contribution in [3.8, 4) is 11.5 Å². The van der Waals surface area contributed by atoms with Crippen LogP contribution in [0.15, 0.2) is 18.2 Å². The summed E-state index contributed by atoms with van der Waals surface area (Å²) in [6, 6.07) is 5.26. The lowest BCUT2D eigenvalue weighted by Crippen LogP contribution is -2.31. The smallest absolute Gasteiger partial charge is 0.254 e. The summed E-state index contributed by atoms with van der Waals surface area (Å²) in [4.78, 5) is 14.1. The Bertz CT molecular complexity index is 426. The van der Waals surface area contributed by atoms with Crippen LogP contribution in [-0.2, 0) is 0 Å². The van der Waals surface area contributed by atoms with E-state index in [1.54, 1.807) is 37.3 Å². The average Bonchev–Trinajstić information content (AvgIpc) is 2.83. The van der Waals surface area contributed by atoms with Crippen molar-refractivity contribution in [3.05, 3.63) is 23.8 Å². The summed E-state index contributed by atoms with van der Waals surface area (Å²) < 4.78 is 10.3. The van der Waals surface area contributed by atoms with Crippen molar-refractivity contribution >= 4 is 5.91 Å². The third-order valence-electron chi connectivity index (χ3n) is 3.11. The second-order valence-corrected chi connectivity index (χ2v) is 4.40. The Balaban J connectivity index is 2.24. The Morgan fingerprint density at radius 1 is 1.28 bits per heavy atom. The highest BCUT2D eigenvalue weighted by Crippen LogP contribution is 2.24. The van der Waals surface area contributed by atoms with Crippen LogP contribution >= 0.6 is 0 Å². The van der Waals surface area contributed by atoms with Crippen molar-refractivity contribution in [1.82, 2.24) is 4.90 Å². The minimum atomic E-state index is -0.0276. The number of amides is 1. The first-order chi connectivity index (χ1) is 8.63. The van der Waals surface area contributed by atoms with Crippen LogP contribution in [0.4, 0.5) is 0 Å². The van der Waals surface area contributed by atoms with E-state index in [1.165, 1.54) is 0 Å². The minimum absolute atomic E-state index is 0.0276. The third kappa shape index (κ3) is 2.56. The summed E-state index contributed by atoms with van der Waals surface area (Å²) in [5, 5.41) is 0. The zero-order chi connectivity index (χ0) is 13.1. The van der Waals surface area contributed by atoms with Gasteiger partial charge in [-0.15, -0.1) is 0 Å². The van der Waals surface area contributed by atoms with Gasteiger partial charge in [0.15, 0.2) is 0 Å². The minimum Gasteiger partial charge on any atom is -0.497 e. The van der Waals surface area contributed by atoms with Crippen molar-refractivity contribution in [2.45, 2.75) is 12.5 Å². The molecule has 0 bridgehead atoms. The maximum absolute atomic E-state index is 12.3. The predicted octanol–water partition coefficient (Wildman–Crippen LogP) is 0.877. The fraction of sp³-hybridized carbons (Fsp3) is 0.462. The second-order valence-electron chi connectivity index (χ2n) is 4.40. The zero-order valence-electron chi connectivity index (χ0n) is 10.7. The van der Waals surface area contributed by atoms with Gasteiger partial charge >= 0.3 is 0 Å². The number of hydrogen-bond donors (Lipinski definition) is 1. The normalized spacial score (nSPS) is 18.8. The van der Waals surface area contributed by atoms with Crippen LogP contribution < -0.4 is 15.2 Å². The molecule has 1 fully saturated rings. The molecule has 18 heavy (non-hydrogen) atoms. The standard InChI is InChI=1S/C13H18N2O3/c1-17-11-5-9(6-12(7-11)18-2)13(16)15-4-3-10(14)8-15/h5-7,10H,3-4,8,14H2,1-2H3/t10-/m1/s1. The molecule has 0 aliphatic carbocycles. The van der Waals surface area contributed by atoms with Gasteiger partial charge in [0.25, 0.3) is 5.91 Å². The van der Waals surface area contributed by atoms with E-state index < -0.39 is 0 Å². The van der Waals surface area contributed by atoms with Crippen molar-refractivity contribution in [1.29, 1.82) is 0 Å². The van der Waals surface area contributed by atoms with E-state index in [4.69, 9.17) is 15.2 Å². The molecule has 2 N–H and O–H groups in total. The maximum atomic E-state index is 12.3. The van der Waals surface area contributed by atoms with E-state index in [0.717, 1.165) is 6.42 Å². The van der Waals surface area contributed by atoms with E-state index in [2.05, 4.69) is 0 Å². The molecule has 0 spiro atoms. The predicted molar refractivity (Wildman–Crippen MR) is 68.0 cm³/mol. The van der Waals surface area contributed by atoms with Gasteiger partial charge in [0.05, 0.1) is 14.2 Å². The van der Waals surface area contributed by atoms with Crippen molar-refractivity contribution in [2.75, 3.05) is 27.3 Å². The van der Waals surface area contributed by atoms with Crippen LogP contribution in [0.1, 0.15) is 16.8 Å². The number of ether oxygens (including phenoxy) is 2. The molecule has 2 rings (SSSR count). The van der Waals surface area contributed by atoms with Crippen LogP contribution in [0.5, 0.6) is 11.5 Å². The lowest BCUT2D eigenvalue weighted by molar-refractivity contribution is 0.0790. The van der Waals surface area contributed by atoms with Crippen LogP contribution in [0.3, 0.4) is 0 Å². The lowest BCUT2D eigenvalue weighted by Gasteiger charge is -2.16. The molecular weight excluding hydrogens is 232 g/mol. The molecule has 1 aromatic carbocycles. The molecule has 0 radical (unpaired) electrons. The van der Waals surface area contributed by atoms with Gasteiger partial charge in [-0.3, -0.25) is 4.79 Å². The van der Waals surface area contributed by atoms with Gasteiger partial charge in [-0.25, -0.2) is 0 Å². The molecular formula is C13H18N2O3. The molecule has 1 atom stereocenters. The number of benzene rings is 1. The monoisotopic (exact) mass is 250 g/mol. The summed E-state index contributed by atoms with van der Waals surface area (Å²) in [5.41, 5.74) is 6.38. The zero-order valence-corrected chi connectivity index (χ0v) is 10.7. The first-order valence-corrected chi connectivity index (χ1v) is 5.92.